The summed E-state index contributed by atoms with van der Waals surface area (Å²) in [4.78, 5) is 20.0. The summed E-state index contributed by atoms with van der Waals surface area (Å²) < 4.78 is 6.86. The van der Waals surface area contributed by atoms with E-state index in [9.17, 15) is 0 Å². The average Bonchev–Trinajstić information content (AvgIpc) is 3.97. The summed E-state index contributed by atoms with van der Waals surface area (Å²) in [5.74, 6) is 1.52. The second-order valence-corrected chi connectivity index (χ2v) is 17.2. The standard InChI is InChI=1S/C56H39N7/c1-56(2,3)36-28-26-35(27-29-36)53-58-54(60-55(59-53)63-46-23-13-8-18-39(46)40-19-9-14-24-47(40)63)44-34-37(57-4)30-32-49(44)62-45-22-12-10-20-41(45)42-31-33-50-51(52(42)62)43-21-11-15-25-48(43)61(50)38-16-6-5-7-17-38/h5-34H,1-3H3. The number of hydrogen-bond donors (Lipinski definition) is 0. The molecule has 12 rings (SSSR count). The lowest BCUT2D eigenvalue weighted by Crippen LogP contribution is -2.11. The number of benzene rings is 8. The quantitative estimate of drug-likeness (QED) is 0.163. The normalized spacial score (nSPS) is 12.0. The van der Waals surface area contributed by atoms with Gasteiger partial charge in [-0.15, -0.1) is 0 Å². The Balaban J connectivity index is 1.20. The Morgan fingerprint density at radius 1 is 0.460 bits per heavy atom. The van der Waals surface area contributed by atoms with Crippen LogP contribution in [0.25, 0.3) is 110 Å². The molecule has 4 aromatic heterocycles. The van der Waals surface area contributed by atoms with Crippen LogP contribution in [0.1, 0.15) is 26.3 Å². The molecule has 0 fully saturated rings. The monoisotopic (exact) mass is 809 g/mol. The van der Waals surface area contributed by atoms with Gasteiger partial charge in [0.15, 0.2) is 17.3 Å². The first-order chi connectivity index (χ1) is 30.9. The number of rotatable bonds is 5. The third-order valence-corrected chi connectivity index (χ3v) is 12.5. The molecule has 7 heteroatoms. The van der Waals surface area contributed by atoms with Crippen molar-refractivity contribution in [1.29, 1.82) is 0 Å². The van der Waals surface area contributed by atoms with Gasteiger partial charge in [-0.25, -0.2) is 9.83 Å². The number of para-hydroxylation sites is 5. The van der Waals surface area contributed by atoms with Crippen molar-refractivity contribution >= 4 is 71.1 Å². The minimum absolute atomic E-state index is 0.0207. The smallest absolute Gasteiger partial charge is 0.238 e. The molecule has 0 atom stereocenters. The summed E-state index contributed by atoms with van der Waals surface area (Å²) in [6, 6.07) is 63.6. The molecule has 7 nitrogen and oxygen atoms in total. The second-order valence-electron chi connectivity index (χ2n) is 17.2. The fraction of sp³-hybridized carbons (Fsp3) is 0.0714. The summed E-state index contributed by atoms with van der Waals surface area (Å²) in [6.07, 6.45) is 0. The fourth-order valence-corrected chi connectivity index (χ4v) is 9.55. The number of fused-ring (bicyclic) bond motifs is 10. The molecule has 0 radical (unpaired) electrons. The lowest BCUT2D eigenvalue weighted by molar-refractivity contribution is 0.590. The van der Waals surface area contributed by atoms with Crippen molar-refractivity contribution in [2.75, 3.05) is 0 Å². The molecule has 12 aromatic rings. The molecular weight excluding hydrogens is 771 g/mol. The van der Waals surface area contributed by atoms with Gasteiger partial charge in [0.25, 0.3) is 0 Å². The Morgan fingerprint density at radius 2 is 1.02 bits per heavy atom. The zero-order valence-corrected chi connectivity index (χ0v) is 35.0. The first kappa shape index (κ1) is 36.5. The van der Waals surface area contributed by atoms with Crippen molar-refractivity contribution in [3.63, 3.8) is 0 Å². The maximum Gasteiger partial charge on any atom is 0.238 e. The first-order valence-corrected chi connectivity index (χ1v) is 21.2. The highest BCUT2D eigenvalue weighted by atomic mass is 15.2. The van der Waals surface area contributed by atoms with Crippen LogP contribution in [0, 0.1) is 6.57 Å². The van der Waals surface area contributed by atoms with Gasteiger partial charge < -0.3 is 9.13 Å². The molecule has 0 bridgehead atoms. The maximum atomic E-state index is 8.23. The second kappa shape index (κ2) is 13.8. The van der Waals surface area contributed by atoms with Gasteiger partial charge in [-0.05, 0) is 65.6 Å². The van der Waals surface area contributed by atoms with Gasteiger partial charge in [0.2, 0.25) is 5.95 Å². The van der Waals surface area contributed by atoms with Crippen LogP contribution < -0.4 is 0 Å². The predicted octanol–water partition coefficient (Wildman–Crippen LogP) is 14.3. The van der Waals surface area contributed by atoms with Crippen molar-refractivity contribution in [3.8, 4) is 40.1 Å². The molecule has 0 aliphatic heterocycles. The molecule has 0 unspecified atom stereocenters. The molecule has 0 N–H and O–H groups in total. The summed E-state index contributed by atoms with van der Waals surface area (Å²) in [5, 5.41) is 6.80. The lowest BCUT2D eigenvalue weighted by atomic mass is 9.87. The number of hydrogen-bond acceptors (Lipinski definition) is 3. The van der Waals surface area contributed by atoms with Crippen LogP contribution in [-0.2, 0) is 5.41 Å². The first-order valence-electron chi connectivity index (χ1n) is 21.2. The van der Waals surface area contributed by atoms with E-state index < -0.39 is 0 Å². The van der Waals surface area contributed by atoms with E-state index in [-0.39, 0.29) is 5.41 Å². The van der Waals surface area contributed by atoms with Gasteiger partial charge in [-0.3, -0.25) is 4.57 Å². The van der Waals surface area contributed by atoms with E-state index in [4.69, 9.17) is 21.5 Å². The van der Waals surface area contributed by atoms with Crippen LogP contribution in [0.4, 0.5) is 5.69 Å². The summed E-state index contributed by atoms with van der Waals surface area (Å²) >= 11 is 0. The predicted molar refractivity (Wildman–Crippen MR) is 259 cm³/mol. The molecule has 298 valence electrons. The number of aromatic nitrogens is 6. The molecule has 4 heterocycles. The van der Waals surface area contributed by atoms with Gasteiger partial charge in [-0.1, -0.05) is 148 Å². The molecule has 0 aliphatic rings. The van der Waals surface area contributed by atoms with E-state index in [1.807, 2.05) is 12.1 Å². The van der Waals surface area contributed by atoms with Crippen LogP contribution in [0.3, 0.4) is 0 Å². The topological polar surface area (TPSA) is 57.8 Å². The molecule has 0 amide bonds. The molecule has 0 spiro atoms. The third kappa shape index (κ3) is 5.62. The molecule has 0 saturated heterocycles. The van der Waals surface area contributed by atoms with Crippen LogP contribution in [0.2, 0.25) is 0 Å². The largest absolute Gasteiger partial charge is 0.309 e. The minimum atomic E-state index is -0.0207. The van der Waals surface area contributed by atoms with Crippen LogP contribution in [0.5, 0.6) is 0 Å². The van der Waals surface area contributed by atoms with E-state index in [1.165, 1.54) is 5.56 Å². The molecular formula is C56H39N7. The molecule has 0 saturated carbocycles. The van der Waals surface area contributed by atoms with Gasteiger partial charge in [0.05, 0.1) is 45.4 Å². The van der Waals surface area contributed by atoms with E-state index in [1.54, 1.807) is 0 Å². The number of nitrogens with zero attached hydrogens (tertiary/aromatic N) is 7. The van der Waals surface area contributed by atoms with E-state index >= 15 is 0 Å². The van der Waals surface area contributed by atoms with Crippen LogP contribution >= 0.6 is 0 Å². The highest BCUT2D eigenvalue weighted by molar-refractivity contribution is 6.26. The molecule has 8 aromatic carbocycles. The Morgan fingerprint density at radius 3 is 1.65 bits per heavy atom. The summed E-state index contributed by atoms with van der Waals surface area (Å²) in [5.41, 5.74) is 11.6. The van der Waals surface area contributed by atoms with Gasteiger partial charge in [0, 0.05) is 49.1 Å². The summed E-state index contributed by atoms with van der Waals surface area (Å²) in [7, 11) is 0. The van der Waals surface area contributed by atoms with E-state index in [2.05, 4.69) is 209 Å². The van der Waals surface area contributed by atoms with Crippen LogP contribution in [0.15, 0.2) is 182 Å². The SMILES string of the molecule is [C-]#[N+]c1ccc(-n2c3ccccc3c3ccc4c(c5ccccc5n4-c4ccccc4)c32)c(-c2nc(-c3ccc(C(C)(C)C)cc3)nc(-n3c4ccccc4c4ccccc43)n2)c1. The van der Waals surface area contributed by atoms with Crippen LogP contribution in [-0.4, -0.2) is 28.7 Å². The Kier molecular flexibility index (Phi) is 8.02. The highest BCUT2D eigenvalue weighted by Gasteiger charge is 2.25. The van der Waals surface area contributed by atoms with Crippen molar-refractivity contribution in [2.45, 2.75) is 26.2 Å². The van der Waals surface area contributed by atoms with Crippen molar-refractivity contribution in [3.05, 3.63) is 199 Å². The fourth-order valence-electron chi connectivity index (χ4n) is 9.55. The Bertz CT molecular complexity index is 3780. The third-order valence-electron chi connectivity index (χ3n) is 12.5. The molecule has 0 aliphatic carbocycles. The Hall–Kier alpha value is -8.34. The summed E-state index contributed by atoms with van der Waals surface area (Å²) in [6.45, 7) is 14.9. The van der Waals surface area contributed by atoms with Crippen molar-refractivity contribution < 1.29 is 0 Å². The average molecular weight is 810 g/mol. The zero-order valence-electron chi connectivity index (χ0n) is 35.0. The maximum absolute atomic E-state index is 8.23. The van der Waals surface area contributed by atoms with Crippen molar-refractivity contribution in [2.24, 2.45) is 0 Å². The highest BCUT2D eigenvalue weighted by Crippen LogP contribution is 2.44. The Labute approximate surface area is 363 Å². The van der Waals surface area contributed by atoms with Gasteiger partial charge >= 0.3 is 0 Å². The zero-order chi connectivity index (χ0) is 42.4. The van der Waals surface area contributed by atoms with Gasteiger partial charge in [0.1, 0.15) is 0 Å². The molecule has 63 heavy (non-hydrogen) atoms. The lowest BCUT2D eigenvalue weighted by Gasteiger charge is -2.19. The van der Waals surface area contributed by atoms with Gasteiger partial charge in [-0.2, -0.15) is 9.97 Å². The van der Waals surface area contributed by atoms with E-state index in [0.717, 1.165) is 87.9 Å². The van der Waals surface area contributed by atoms with Crippen molar-refractivity contribution in [1.82, 2.24) is 28.7 Å². The minimum Gasteiger partial charge on any atom is -0.309 e. The van der Waals surface area contributed by atoms with E-state index in [0.29, 0.717) is 23.3 Å².